The Morgan fingerprint density at radius 1 is 1.50 bits per heavy atom. The number of halogens is 1. The Hall–Kier alpha value is -1.13. The van der Waals surface area contributed by atoms with Gasteiger partial charge >= 0.3 is 0 Å². The van der Waals surface area contributed by atoms with Crippen LogP contribution in [0.1, 0.15) is 31.9 Å². The Morgan fingerprint density at radius 2 is 2.22 bits per heavy atom. The van der Waals surface area contributed by atoms with Gasteiger partial charge in [0.1, 0.15) is 11.6 Å². The van der Waals surface area contributed by atoms with Gasteiger partial charge in [-0.05, 0) is 44.0 Å². The van der Waals surface area contributed by atoms with Gasteiger partial charge in [0.15, 0.2) is 0 Å². The number of piperidine rings is 1. The summed E-state index contributed by atoms with van der Waals surface area (Å²) in [5, 5.41) is 9.83. The fourth-order valence-corrected chi connectivity index (χ4v) is 2.53. The molecule has 0 saturated carbocycles. The number of phenols is 1. The summed E-state index contributed by atoms with van der Waals surface area (Å²) in [6, 6.07) is 4.23. The van der Waals surface area contributed by atoms with E-state index in [1.807, 2.05) is 6.92 Å². The molecule has 1 heterocycles. The molecule has 0 aliphatic carbocycles. The summed E-state index contributed by atoms with van der Waals surface area (Å²) in [5.74, 6) is 0.356. The van der Waals surface area contributed by atoms with Crippen molar-refractivity contribution in [3.8, 4) is 5.75 Å². The van der Waals surface area contributed by atoms with E-state index >= 15 is 0 Å². The fraction of sp³-hybridized carbons (Fsp3) is 0.571. The van der Waals surface area contributed by atoms with E-state index in [9.17, 15) is 9.50 Å². The maximum absolute atomic E-state index is 13.3. The van der Waals surface area contributed by atoms with Gasteiger partial charge in [-0.3, -0.25) is 4.90 Å². The molecule has 100 valence electrons. The van der Waals surface area contributed by atoms with Crippen LogP contribution in [-0.2, 0) is 0 Å². The second-order valence-corrected chi connectivity index (χ2v) is 5.30. The van der Waals surface area contributed by atoms with Gasteiger partial charge in [0.2, 0.25) is 0 Å². The van der Waals surface area contributed by atoms with Crippen molar-refractivity contribution in [3.63, 3.8) is 0 Å². The summed E-state index contributed by atoms with van der Waals surface area (Å²) >= 11 is 0. The minimum Gasteiger partial charge on any atom is -0.508 e. The lowest BCUT2D eigenvalue weighted by molar-refractivity contribution is 0.127. The summed E-state index contributed by atoms with van der Waals surface area (Å²) in [4.78, 5) is 2.21. The van der Waals surface area contributed by atoms with Crippen molar-refractivity contribution in [2.24, 2.45) is 11.7 Å². The number of rotatable bonds is 2. The Morgan fingerprint density at radius 3 is 2.89 bits per heavy atom. The smallest absolute Gasteiger partial charge is 0.123 e. The van der Waals surface area contributed by atoms with Crippen molar-refractivity contribution >= 4 is 0 Å². The van der Waals surface area contributed by atoms with Crippen LogP contribution in [-0.4, -0.2) is 29.1 Å². The number of nitrogens with zero attached hydrogens (tertiary/aromatic N) is 1. The van der Waals surface area contributed by atoms with Crippen LogP contribution >= 0.6 is 0 Å². The van der Waals surface area contributed by atoms with Crippen molar-refractivity contribution in [1.82, 2.24) is 4.90 Å². The molecule has 0 spiro atoms. The van der Waals surface area contributed by atoms with Gasteiger partial charge in [-0.25, -0.2) is 4.39 Å². The fourth-order valence-electron chi connectivity index (χ4n) is 2.53. The van der Waals surface area contributed by atoms with E-state index in [0.29, 0.717) is 11.5 Å². The quantitative estimate of drug-likeness (QED) is 0.849. The molecule has 1 aromatic carbocycles. The number of aromatic hydroxyl groups is 1. The molecule has 3 atom stereocenters. The normalized spacial score (nSPS) is 27.1. The van der Waals surface area contributed by atoms with Gasteiger partial charge in [-0.15, -0.1) is 0 Å². The number of hydrogen-bond acceptors (Lipinski definition) is 3. The summed E-state index contributed by atoms with van der Waals surface area (Å²) in [5.41, 5.74) is 6.71. The monoisotopic (exact) mass is 252 g/mol. The van der Waals surface area contributed by atoms with Crippen LogP contribution in [0.25, 0.3) is 0 Å². The lowest BCUT2D eigenvalue weighted by Crippen LogP contribution is -2.48. The summed E-state index contributed by atoms with van der Waals surface area (Å²) in [7, 11) is 0. The van der Waals surface area contributed by atoms with Crippen LogP contribution in [0.15, 0.2) is 18.2 Å². The van der Waals surface area contributed by atoms with Gasteiger partial charge in [0.05, 0.1) is 0 Å². The van der Waals surface area contributed by atoms with Crippen molar-refractivity contribution in [3.05, 3.63) is 29.6 Å². The SMILES string of the molecule is CC1CCN(C(C)c2cc(F)ccc2O)CC1N. The Bertz CT molecular complexity index is 424. The number of nitrogens with two attached hydrogens (primary N) is 1. The first-order valence-electron chi connectivity index (χ1n) is 6.47. The summed E-state index contributed by atoms with van der Waals surface area (Å²) in [6.45, 7) is 5.87. The molecular weight excluding hydrogens is 231 g/mol. The lowest BCUT2D eigenvalue weighted by atomic mass is 9.92. The molecule has 3 N–H and O–H groups in total. The Kier molecular flexibility index (Phi) is 3.88. The van der Waals surface area contributed by atoms with Gasteiger partial charge in [-0.1, -0.05) is 6.92 Å². The highest BCUT2D eigenvalue weighted by molar-refractivity contribution is 5.35. The Balaban J connectivity index is 2.16. The van der Waals surface area contributed by atoms with E-state index in [2.05, 4.69) is 11.8 Å². The van der Waals surface area contributed by atoms with Crippen LogP contribution in [0.2, 0.25) is 0 Å². The third kappa shape index (κ3) is 2.65. The molecule has 0 radical (unpaired) electrons. The van der Waals surface area contributed by atoms with Crippen molar-refractivity contribution in [2.45, 2.75) is 32.4 Å². The van der Waals surface area contributed by atoms with E-state index in [1.165, 1.54) is 18.2 Å². The second kappa shape index (κ2) is 5.24. The molecule has 0 aromatic heterocycles. The molecule has 0 bridgehead atoms. The molecule has 1 fully saturated rings. The summed E-state index contributed by atoms with van der Waals surface area (Å²) < 4.78 is 13.3. The van der Waals surface area contributed by atoms with E-state index in [-0.39, 0.29) is 23.7 Å². The first kappa shape index (κ1) is 13.3. The molecular formula is C14H21FN2O. The molecule has 1 aliphatic rings. The zero-order valence-corrected chi connectivity index (χ0v) is 10.9. The number of phenolic OH excluding ortho intramolecular Hbond substituents is 1. The Labute approximate surface area is 107 Å². The van der Waals surface area contributed by atoms with Crippen molar-refractivity contribution < 1.29 is 9.50 Å². The third-order valence-corrected chi connectivity index (χ3v) is 4.04. The first-order valence-corrected chi connectivity index (χ1v) is 6.47. The van der Waals surface area contributed by atoms with E-state index in [0.717, 1.165) is 19.5 Å². The van der Waals surface area contributed by atoms with Crippen LogP contribution in [0, 0.1) is 11.7 Å². The molecule has 18 heavy (non-hydrogen) atoms. The second-order valence-electron chi connectivity index (χ2n) is 5.30. The molecule has 1 aromatic rings. The maximum Gasteiger partial charge on any atom is 0.123 e. The predicted octanol–water partition coefficient (Wildman–Crippen LogP) is 2.26. The molecule has 4 heteroatoms. The molecule has 2 rings (SSSR count). The number of benzene rings is 1. The highest BCUT2D eigenvalue weighted by atomic mass is 19.1. The summed E-state index contributed by atoms with van der Waals surface area (Å²) in [6.07, 6.45) is 1.04. The topological polar surface area (TPSA) is 49.5 Å². The minimum atomic E-state index is -0.315. The highest BCUT2D eigenvalue weighted by Crippen LogP contribution is 2.31. The zero-order chi connectivity index (χ0) is 13.3. The average Bonchev–Trinajstić information content (AvgIpc) is 2.35. The molecule has 1 aliphatic heterocycles. The largest absolute Gasteiger partial charge is 0.508 e. The molecule has 3 nitrogen and oxygen atoms in total. The lowest BCUT2D eigenvalue weighted by Gasteiger charge is -2.39. The van der Waals surface area contributed by atoms with E-state index < -0.39 is 0 Å². The van der Waals surface area contributed by atoms with Gasteiger partial charge in [0.25, 0.3) is 0 Å². The molecule has 1 saturated heterocycles. The molecule has 0 amide bonds. The van der Waals surface area contributed by atoms with Gasteiger partial charge < -0.3 is 10.8 Å². The number of likely N-dealkylation sites (tertiary alicyclic amines) is 1. The van der Waals surface area contributed by atoms with Crippen LogP contribution in [0.5, 0.6) is 5.75 Å². The first-order chi connectivity index (χ1) is 8.49. The van der Waals surface area contributed by atoms with E-state index in [1.54, 1.807) is 0 Å². The highest BCUT2D eigenvalue weighted by Gasteiger charge is 2.27. The standard InChI is InChI=1S/C14H21FN2O/c1-9-5-6-17(8-13(9)16)10(2)12-7-11(15)3-4-14(12)18/h3-4,7,9-10,13,18H,5-6,8,16H2,1-2H3. The van der Waals surface area contributed by atoms with Crippen molar-refractivity contribution in [1.29, 1.82) is 0 Å². The number of hydrogen-bond donors (Lipinski definition) is 2. The molecule has 3 unspecified atom stereocenters. The van der Waals surface area contributed by atoms with Gasteiger partial charge in [0, 0.05) is 24.2 Å². The van der Waals surface area contributed by atoms with Crippen LogP contribution < -0.4 is 5.73 Å². The maximum atomic E-state index is 13.3. The van der Waals surface area contributed by atoms with Crippen LogP contribution in [0.3, 0.4) is 0 Å². The van der Waals surface area contributed by atoms with Gasteiger partial charge in [-0.2, -0.15) is 0 Å². The van der Waals surface area contributed by atoms with Crippen molar-refractivity contribution in [2.75, 3.05) is 13.1 Å². The third-order valence-electron chi connectivity index (χ3n) is 4.04. The average molecular weight is 252 g/mol. The van der Waals surface area contributed by atoms with Crippen LogP contribution in [0.4, 0.5) is 4.39 Å². The zero-order valence-electron chi connectivity index (χ0n) is 10.9. The van der Waals surface area contributed by atoms with E-state index in [4.69, 9.17) is 5.73 Å². The minimum absolute atomic E-state index is 0.0146. The predicted molar refractivity (Wildman–Crippen MR) is 69.8 cm³/mol.